The number of aryl methyl sites for hydroxylation is 1. The zero-order valence-corrected chi connectivity index (χ0v) is 10.2. The molecular weight excluding hydrogens is 204 g/mol. The summed E-state index contributed by atoms with van der Waals surface area (Å²) >= 11 is 0. The monoisotopic (exact) mass is 224 g/mol. The Morgan fingerprint density at radius 1 is 1.69 bits per heavy atom. The van der Waals surface area contributed by atoms with Crippen LogP contribution in [0.3, 0.4) is 0 Å². The second kappa shape index (κ2) is 5.65. The maximum absolute atomic E-state index is 11.0. The van der Waals surface area contributed by atoms with Gasteiger partial charge in [-0.05, 0) is 19.9 Å². The molecule has 1 heterocycles. The molecule has 1 aromatic heterocycles. The molecule has 0 radical (unpaired) electrons. The van der Waals surface area contributed by atoms with Gasteiger partial charge in [0.1, 0.15) is 0 Å². The Morgan fingerprint density at radius 3 is 2.81 bits per heavy atom. The van der Waals surface area contributed by atoms with Gasteiger partial charge in [-0.15, -0.1) is 0 Å². The maximum Gasteiger partial charge on any atom is 0.219 e. The average Bonchev–Trinajstić information content (AvgIpc) is 2.54. The van der Waals surface area contributed by atoms with Crippen LogP contribution in [0.25, 0.3) is 0 Å². The highest BCUT2D eigenvalue weighted by Gasteiger charge is 2.17. The number of hydrogen-bond donors (Lipinski definition) is 2. The SMILES string of the molecule is CCCNC(CC(N)=O)c1cnn(C)c1C. The van der Waals surface area contributed by atoms with Crippen molar-refractivity contribution in [2.45, 2.75) is 32.7 Å². The quantitative estimate of drug-likeness (QED) is 0.745. The van der Waals surface area contributed by atoms with E-state index < -0.39 is 0 Å². The summed E-state index contributed by atoms with van der Waals surface area (Å²) in [5.74, 6) is -0.295. The van der Waals surface area contributed by atoms with Gasteiger partial charge in [-0.3, -0.25) is 9.48 Å². The number of primary amides is 1. The Bertz CT molecular complexity index is 359. The molecule has 1 amide bonds. The molecule has 0 fully saturated rings. The molecule has 3 N–H and O–H groups in total. The van der Waals surface area contributed by atoms with Crippen molar-refractivity contribution >= 4 is 5.91 Å². The third-order valence-corrected chi connectivity index (χ3v) is 2.69. The predicted octanol–water partition coefficient (Wildman–Crippen LogP) is 0.645. The van der Waals surface area contributed by atoms with E-state index >= 15 is 0 Å². The number of rotatable bonds is 6. The van der Waals surface area contributed by atoms with Gasteiger partial charge in [0.15, 0.2) is 0 Å². The lowest BCUT2D eigenvalue weighted by atomic mass is 10.0. The highest BCUT2D eigenvalue weighted by molar-refractivity contribution is 5.74. The molecule has 1 aromatic rings. The number of carbonyl (C=O) groups excluding carboxylic acids is 1. The Balaban J connectivity index is 2.82. The summed E-state index contributed by atoms with van der Waals surface area (Å²) < 4.78 is 1.80. The first kappa shape index (κ1) is 12.7. The van der Waals surface area contributed by atoms with Crippen molar-refractivity contribution in [2.24, 2.45) is 12.8 Å². The number of nitrogens with two attached hydrogens (primary N) is 1. The smallest absolute Gasteiger partial charge is 0.219 e. The van der Waals surface area contributed by atoms with E-state index in [9.17, 15) is 4.79 Å². The number of aromatic nitrogens is 2. The van der Waals surface area contributed by atoms with Crippen molar-refractivity contribution in [3.05, 3.63) is 17.5 Å². The van der Waals surface area contributed by atoms with Gasteiger partial charge in [0, 0.05) is 30.8 Å². The van der Waals surface area contributed by atoms with Gasteiger partial charge in [0.05, 0.1) is 6.20 Å². The van der Waals surface area contributed by atoms with Gasteiger partial charge in [0.2, 0.25) is 5.91 Å². The van der Waals surface area contributed by atoms with Crippen LogP contribution in [-0.2, 0) is 11.8 Å². The number of nitrogens with one attached hydrogen (secondary N) is 1. The molecule has 1 rings (SSSR count). The van der Waals surface area contributed by atoms with E-state index in [2.05, 4.69) is 17.3 Å². The topological polar surface area (TPSA) is 72.9 Å². The number of hydrogen-bond acceptors (Lipinski definition) is 3. The molecule has 0 spiro atoms. The van der Waals surface area contributed by atoms with Crippen molar-refractivity contribution in [1.82, 2.24) is 15.1 Å². The molecule has 0 saturated heterocycles. The Hall–Kier alpha value is -1.36. The van der Waals surface area contributed by atoms with Crippen LogP contribution in [0.5, 0.6) is 0 Å². The van der Waals surface area contributed by atoms with Gasteiger partial charge in [0.25, 0.3) is 0 Å². The molecule has 1 unspecified atom stereocenters. The molecule has 0 saturated carbocycles. The van der Waals surface area contributed by atoms with Crippen LogP contribution in [0.1, 0.15) is 37.1 Å². The fraction of sp³-hybridized carbons (Fsp3) is 0.636. The van der Waals surface area contributed by atoms with Crippen LogP contribution >= 0.6 is 0 Å². The van der Waals surface area contributed by atoms with Crippen LogP contribution < -0.4 is 11.1 Å². The molecule has 5 heteroatoms. The average molecular weight is 224 g/mol. The highest BCUT2D eigenvalue weighted by Crippen LogP contribution is 2.19. The maximum atomic E-state index is 11.0. The van der Waals surface area contributed by atoms with Crippen molar-refractivity contribution < 1.29 is 4.79 Å². The Morgan fingerprint density at radius 2 is 2.38 bits per heavy atom. The van der Waals surface area contributed by atoms with Crippen molar-refractivity contribution in [1.29, 1.82) is 0 Å². The first-order chi connectivity index (χ1) is 7.56. The summed E-state index contributed by atoms with van der Waals surface area (Å²) in [4.78, 5) is 11.0. The molecule has 0 aromatic carbocycles. The van der Waals surface area contributed by atoms with Crippen LogP contribution in [0, 0.1) is 6.92 Å². The highest BCUT2D eigenvalue weighted by atomic mass is 16.1. The molecular formula is C11H20N4O. The lowest BCUT2D eigenvalue weighted by Crippen LogP contribution is -2.27. The zero-order chi connectivity index (χ0) is 12.1. The summed E-state index contributed by atoms with van der Waals surface area (Å²) in [6, 6.07) is -0.0221. The van der Waals surface area contributed by atoms with E-state index in [1.54, 1.807) is 10.9 Å². The second-order valence-corrected chi connectivity index (χ2v) is 3.99. The lowest BCUT2D eigenvalue weighted by Gasteiger charge is -2.16. The minimum absolute atomic E-state index is 0.0221. The number of carbonyl (C=O) groups is 1. The number of amides is 1. The third kappa shape index (κ3) is 3.06. The summed E-state index contributed by atoms with van der Waals surface area (Å²) in [5.41, 5.74) is 7.37. The first-order valence-corrected chi connectivity index (χ1v) is 5.56. The minimum atomic E-state index is -0.295. The van der Waals surface area contributed by atoms with Gasteiger partial charge in [-0.25, -0.2) is 0 Å². The Labute approximate surface area is 96.0 Å². The van der Waals surface area contributed by atoms with Gasteiger partial charge in [-0.1, -0.05) is 6.92 Å². The molecule has 0 bridgehead atoms. The molecule has 0 aliphatic carbocycles. The fourth-order valence-corrected chi connectivity index (χ4v) is 1.67. The van der Waals surface area contributed by atoms with Crippen molar-refractivity contribution in [3.63, 3.8) is 0 Å². The molecule has 1 atom stereocenters. The van der Waals surface area contributed by atoms with E-state index in [-0.39, 0.29) is 11.9 Å². The van der Waals surface area contributed by atoms with Crippen molar-refractivity contribution in [3.8, 4) is 0 Å². The summed E-state index contributed by atoms with van der Waals surface area (Å²) in [5, 5.41) is 7.49. The van der Waals surface area contributed by atoms with Crippen LogP contribution in [0.2, 0.25) is 0 Å². The molecule has 0 aliphatic heterocycles. The van der Waals surface area contributed by atoms with E-state index in [4.69, 9.17) is 5.73 Å². The minimum Gasteiger partial charge on any atom is -0.370 e. The van der Waals surface area contributed by atoms with Gasteiger partial charge >= 0.3 is 0 Å². The number of nitrogens with zero attached hydrogens (tertiary/aromatic N) is 2. The normalized spacial score (nSPS) is 12.7. The summed E-state index contributed by atoms with van der Waals surface area (Å²) in [6.07, 6.45) is 3.13. The van der Waals surface area contributed by atoms with Gasteiger partial charge in [-0.2, -0.15) is 5.10 Å². The standard InChI is InChI=1S/C11H20N4O/c1-4-5-13-10(6-11(12)16)9-7-14-15(3)8(9)2/h7,10,13H,4-6H2,1-3H3,(H2,12,16). The summed E-state index contributed by atoms with van der Waals surface area (Å²) in [7, 11) is 1.89. The van der Waals surface area contributed by atoms with Crippen LogP contribution in [0.4, 0.5) is 0 Å². The molecule has 90 valence electrons. The first-order valence-electron chi connectivity index (χ1n) is 5.56. The molecule has 0 aliphatic rings. The molecule has 16 heavy (non-hydrogen) atoms. The largest absolute Gasteiger partial charge is 0.370 e. The van der Waals surface area contributed by atoms with E-state index in [1.807, 2.05) is 14.0 Å². The van der Waals surface area contributed by atoms with E-state index in [0.717, 1.165) is 24.2 Å². The fourth-order valence-electron chi connectivity index (χ4n) is 1.67. The summed E-state index contributed by atoms with van der Waals surface area (Å²) in [6.45, 7) is 4.95. The zero-order valence-electron chi connectivity index (χ0n) is 10.2. The Kier molecular flexibility index (Phi) is 4.49. The third-order valence-electron chi connectivity index (χ3n) is 2.69. The van der Waals surface area contributed by atoms with Crippen LogP contribution in [0.15, 0.2) is 6.20 Å². The van der Waals surface area contributed by atoms with Crippen LogP contribution in [-0.4, -0.2) is 22.2 Å². The van der Waals surface area contributed by atoms with E-state index in [0.29, 0.717) is 6.42 Å². The van der Waals surface area contributed by atoms with Gasteiger partial charge < -0.3 is 11.1 Å². The lowest BCUT2D eigenvalue weighted by molar-refractivity contribution is -0.118. The molecule has 5 nitrogen and oxygen atoms in total. The predicted molar refractivity (Wildman–Crippen MR) is 62.8 cm³/mol. The second-order valence-electron chi connectivity index (χ2n) is 3.99. The van der Waals surface area contributed by atoms with Crippen molar-refractivity contribution in [2.75, 3.05) is 6.54 Å². The van der Waals surface area contributed by atoms with E-state index in [1.165, 1.54) is 0 Å².